The largest absolute Gasteiger partial charge is 0.374 e. The third-order valence-corrected chi connectivity index (χ3v) is 2.50. The second-order valence-corrected chi connectivity index (χ2v) is 5.73. The molecule has 0 saturated heterocycles. The first-order chi connectivity index (χ1) is 7.88. The van der Waals surface area contributed by atoms with Crippen LogP contribution in [0.1, 0.15) is 45.7 Å². The maximum Gasteiger partial charge on any atom is 0.0723 e. The van der Waals surface area contributed by atoms with Crippen molar-refractivity contribution in [2.24, 2.45) is 0 Å². The molecule has 0 spiro atoms. The molecule has 0 aromatic heterocycles. The van der Waals surface area contributed by atoms with E-state index in [2.05, 4.69) is 64.2 Å². The molecule has 0 fully saturated rings. The van der Waals surface area contributed by atoms with Crippen molar-refractivity contribution in [2.75, 3.05) is 0 Å². The monoisotopic (exact) mass is 235 g/mol. The smallest absolute Gasteiger partial charge is 0.0723 e. The van der Waals surface area contributed by atoms with Crippen LogP contribution in [0.15, 0.2) is 24.3 Å². The molecule has 0 aliphatic carbocycles. The van der Waals surface area contributed by atoms with Gasteiger partial charge < -0.3 is 10.1 Å². The Morgan fingerprint density at radius 1 is 1.12 bits per heavy atom. The Balaban J connectivity index is 2.64. The number of benzene rings is 1. The van der Waals surface area contributed by atoms with Crippen LogP contribution in [0.5, 0.6) is 0 Å². The summed E-state index contributed by atoms with van der Waals surface area (Å²) >= 11 is 0. The lowest BCUT2D eigenvalue weighted by molar-refractivity contribution is 0.0652. The Morgan fingerprint density at radius 2 is 1.71 bits per heavy atom. The van der Waals surface area contributed by atoms with Crippen molar-refractivity contribution < 1.29 is 4.74 Å². The molecule has 0 heterocycles. The minimum Gasteiger partial charge on any atom is -0.374 e. The Labute approximate surface area is 105 Å². The maximum absolute atomic E-state index is 5.67. The Bertz CT molecular complexity index is 339. The van der Waals surface area contributed by atoms with Crippen molar-refractivity contribution in [3.63, 3.8) is 0 Å². The van der Waals surface area contributed by atoms with Crippen molar-refractivity contribution in [1.29, 1.82) is 0 Å². The molecule has 0 aliphatic heterocycles. The van der Waals surface area contributed by atoms with Crippen LogP contribution >= 0.6 is 0 Å². The van der Waals surface area contributed by atoms with Crippen LogP contribution in [0.2, 0.25) is 0 Å². The van der Waals surface area contributed by atoms with Crippen molar-refractivity contribution >= 4 is 0 Å². The molecular formula is C15H25NO. The van der Waals surface area contributed by atoms with E-state index in [4.69, 9.17) is 4.74 Å². The Morgan fingerprint density at radius 3 is 2.24 bits per heavy atom. The first kappa shape index (κ1) is 14.2. The minimum absolute atomic E-state index is 0.145. The highest BCUT2D eigenvalue weighted by Gasteiger charge is 2.10. The second kappa shape index (κ2) is 6.18. The molecule has 2 heteroatoms. The fourth-order valence-corrected chi connectivity index (χ4v) is 1.49. The van der Waals surface area contributed by atoms with E-state index in [1.807, 2.05) is 0 Å². The molecule has 2 nitrogen and oxygen atoms in total. The predicted octanol–water partition coefficient (Wildman–Crippen LogP) is 3.50. The van der Waals surface area contributed by atoms with E-state index in [1.54, 1.807) is 0 Å². The molecule has 17 heavy (non-hydrogen) atoms. The van der Waals surface area contributed by atoms with Crippen LogP contribution in [-0.2, 0) is 17.9 Å². The lowest BCUT2D eigenvalue weighted by Crippen LogP contribution is -2.35. The normalized spacial score (nSPS) is 12.1. The molecule has 0 saturated carbocycles. The number of ether oxygens (including phenoxy) is 1. The lowest BCUT2D eigenvalue weighted by atomic mass is 10.1. The molecule has 0 bridgehead atoms. The zero-order valence-electron chi connectivity index (χ0n) is 11.7. The van der Waals surface area contributed by atoms with Crippen LogP contribution in [0.4, 0.5) is 0 Å². The van der Waals surface area contributed by atoms with E-state index >= 15 is 0 Å². The van der Waals surface area contributed by atoms with Gasteiger partial charge in [-0.2, -0.15) is 0 Å². The van der Waals surface area contributed by atoms with Gasteiger partial charge in [0.15, 0.2) is 0 Å². The summed E-state index contributed by atoms with van der Waals surface area (Å²) in [6.45, 7) is 12.3. The summed E-state index contributed by atoms with van der Waals surface area (Å²) in [5, 5.41) is 3.51. The van der Waals surface area contributed by atoms with E-state index in [0.29, 0.717) is 6.61 Å². The summed E-state index contributed by atoms with van der Waals surface area (Å²) in [6.07, 6.45) is 0.277. The van der Waals surface area contributed by atoms with Crippen molar-refractivity contribution in [1.82, 2.24) is 5.32 Å². The highest BCUT2D eigenvalue weighted by molar-refractivity contribution is 5.26. The van der Waals surface area contributed by atoms with Gasteiger partial charge in [0.05, 0.1) is 12.7 Å². The summed E-state index contributed by atoms with van der Waals surface area (Å²) in [4.78, 5) is 0. The molecule has 1 rings (SSSR count). The minimum atomic E-state index is 0.145. The Kier molecular flexibility index (Phi) is 5.16. The van der Waals surface area contributed by atoms with Gasteiger partial charge in [0, 0.05) is 12.1 Å². The summed E-state index contributed by atoms with van der Waals surface area (Å²) in [5.74, 6) is 0. The van der Waals surface area contributed by atoms with Gasteiger partial charge in [-0.3, -0.25) is 0 Å². The van der Waals surface area contributed by atoms with Crippen molar-refractivity contribution in [2.45, 2.75) is 59.4 Å². The highest BCUT2D eigenvalue weighted by atomic mass is 16.5. The van der Waals surface area contributed by atoms with Crippen LogP contribution in [0.3, 0.4) is 0 Å². The molecule has 0 amide bonds. The van der Waals surface area contributed by atoms with Crippen LogP contribution in [-0.4, -0.2) is 11.6 Å². The van der Waals surface area contributed by atoms with Crippen molar-refractivity contribution in [3.8, 4) is 0 Å². The summed E-state index contributed by atoms with van der Waals surface area (Å²) in [5.41, 5.74) is 2.74. The molecular weight excluding hydrogens is 210 g/mol. The van der Waals surface area contributed by atoms with Gasteiger partial charge in [-0.05, 0) is 45.7 Å². The fraction of sp³-hybridized carbons (Fsp3) is 0.600. The number of nitrogens with one attached hydrogen (secondary N) is 1. The lowest BCUT2D eigenvalue weighted by Gasteiger charge is -2.22. The zero-order valence-corrected chi connectivity index (χ0v) is 11.7. The van der Waals surface area contributed by atoms with E-state index in [-0.39, 0.29) is 11.6 Å². The molecule has 1 N–H and O–H groups in total. The molecule has 0 atom stereocenters. The van der Waals surface area contributed by atoms with Crippen LogP contribution in [0.25, 0.3) is 0 Å². The number of hydrogen-bond acceptors (Lipinski definition) is 2. The third kappa shape index (κ3) is 5.85. The van der Waals surface area contributed by atoms with Gasteiger partial charge in [0.1, 0.15) is 0 Å². The van der Waals surface area contributed by atoms with E-state index < -0.39 is 0 Å². The molecule has 0 aliphatic rings. The zero-order chi connectivity index (χ0) is 12.9. The third-order valence-electron chi connectivity index (χ3n) is 2.50. The average Bonchev–Trinajstić information content (AvgIpc) is 2.23. The van der Waals surface area contributed by atoms with Gasteiger partial charge in [-0.25, -0.2) is 0 Å². The quantitative estimate of drug-likeness (QED) is 0.843. The topological polar surface area (TPSA) is 21.3 Å². The van der Waals surface area contributed by atoms with Gasteiger partial charge in [0.2, 0.25) is 0 Å². The first-order valence-electron chi connectivity index (χ1n) is 6.32. The molecule has 96 valence electrons. The van der Waals surface area contributed by atoms with E-state index in [0.717, 1.165) is 6.54 Å². The Hall–Kier alpha value is -0.860. The molecule has 1 aromatic carbocycles. The average molecular weight is 235 g/mol. The molecule has 0 unspecified atom stereocenters. The van der Waals surface area contributed by atoms with Crippen LogP contribution < -0.4 is 5.32 Å². The summed E-state index contributed by atoms with van der Waals surface area (Å²) < 4.78 is 5.67. The number of hydrogen-bond donors (Lipinski definition) is 1. The van der Waals surface area contributed by atoms with Gasteiger partial charge >= 0.3 is 0 Å². The number of rotatable bonds is 5. The molecule has 1 aromatic rings. The van der Waals surface area contributed by atoms with Crippen LogP contribution in [0, 0.1) is 0 Å². The summed E-state index contributed by atoms with van der Waals surface area (Å²) in [7, 11) is 0. The highest BCUT2D eigenvalue weighted by Crippen LogP contribution is 2.12. The van der Waals surface area contributed by atoms with Crippen molar-refractivity contribution in [3.05, 3.63) is 35.4 Å². The predicted molar refractivity (Wildman–Crippen MR) is 73.0 cm³/mol. The second-order valence-electron chi connectivity index (χ2n) is 5.73. The SMILES string of the molecule is CC(C)OCc1ccccc1CNC(C)(C)C. The fourth-order valence-electron chi connectivity index (χ4n) is 1.49. The van der Waals surface area contributed by atoms with Gasteiger partial charge in [0.25, 0.3) is 0 Å². The van der Waals surface area contributed by atoms with E-state index in [9.17, 15) is 0 Å². The first-order valence-corrected chi connectivity index (χ1v) is 6.32. The standard InChI is InChI=1S/C15H25NO/c1-12(2)17-11-14-9-7-6-8-13(14)10-16-15(3,4)5/h6-9,12,16H,10-11H2,1-5H3. The maximum atomic E-state index is 5.67. The summed E-state index contributed by atoms with van der Waals surface area (Å²) in [6, 6.07) is 8.46. The molecule has 0 radical (unpaired) electrons. The van der Waals surface area contributed by atoms with E-state index in [1.165, 1.54) is 11.1 Å². The van der Waals surface area contributed by atoms with Gasteiger partial charge in [-0.15, -0.1) is 0 Å². The van der Waals surface area contributed by atoms with Gasteiger partial charge in [-0.1, -0.05) is 24.3 Å².